The van der Waals surface area contributed by atoms with Gasteiger partial charge in [-0.2, -0.15) is 17.0 Å². The summed E-state index contributed by atoms with van der Waals surface area (Å²) in [5.74, 6) is -1.29. The van der Waals surface area contributed by atoms with Crippen molar-refractivity contribution in [3.05, 3.63) is 0 Å². The summed E-state index contributed by atoms with van der Waals surface area (Å²) in [6, 6.07) is -0.293. The van der Waals surface area contributed by atoms with Crippen molar-refractivity contribution in [1.29, 1.82) is 0 Å². The van der Waals surface area contributed by atoms with Gasteiger partial charge in [0, 0.05) is 25.7 Å². The van der Waals surface area contributed by atoms with Gasteiger partial charge >= 0.3 is 5.97 Å². The number of carboxylic acid groups (broad SMARTS) is 1. The molecular formula is C13H24N2O5S. The second-order valence-corrected chi connectivity index (χ2v) is 7.98. The van der Waals surface area contributed by atoms with Crippen molar-refractivity contribution in [2.45, 2.75) is 51.9 Å². The Morgan fingerprint density at radius 3 is 2.24 bits per heavy atom. The predicted molar refractivity (Wildman–Crippen MR) is 77.0 cm³/mol. The van der Waals surface area contributed by atoms with E-state index >= 15 is 0 Å². The molecule has 0 saturated carbocycles. The Labute approximate surface area is 126 Å². The molecule has 0 bridgehead atoms. The molecule has 2 saturated heterocycles. The van der Waals surface area contributed by atoms with Crippen LogP contribution in [-0.4, -0.2) is 66.0 Å². The number of nitrogens with zero attached hydrogens (tertiary/aromatic N) is 2. The van der Waals surface area contributed by atoms with Crippen LogP contribution in [0.4, 0.5) is 0 Å². The summed E-state index contributed by atoms with van der Waals surface area (Å²) in [6.07, 6.45) is 0.476. The first kappa shape index (κ1) is 16.7. The minimum absolute atomic E-state index is 0.129. The molecule has 7 nitrogen and oxygen atoms in total. The van der Waals surface area contributed by atoms with Gasteiger partial charge in [0.2, 0.25) is 0 Å². The number of piperidine rings is 1. The van der Waals surface area contributed by atoms with Gasteiger partial charge < -0.3 is 9.84 Å². The maximum Gasteiger partial charge on any atom is 0.306 e. The minimum atomic E-state index is -3.56. The molecule has 0 aromatic rings. The quantitative estimate of drug-likeness (QED) is 0.819. The zero-order chi connectivity index (χ0) is 15.8. The van der Waals surface area contributed by atoms with Gasteiger partial charge in [0.15, 0.2) is 0 Å². The van der Waals surface area contributed by atoms with Crippen LogP contribution in [0.5, 0.6) is 0 Å². The molecular weight excluding hydrogens is 296 g/mol. The third-order valence-electron chi connectivity index (χ3n) is 4.17. The molecule has 21 heavy (non-hydrogen) atoms. The van der Waals surface area contributed by atoms with E-state index < -0.39 is 22.1 Å². The van der Waals surface area contributed by atoms with Gasteiger partial charge in [0.1, 0.15) is 0 Å². The fourth-order valence-electron chi connectivity index (χ4n) is 3.19. The third-order valence-corrected chi connectivity index (χ3v) is 6.26. The van der Waals surface area contributed by atoms with Gasteiger partial charge in [0.25, 0.3) is 10.2 Å². The highest BCUT2D eigenvalue weighted by Gasteiger charge is 2.41. The molecule has 0 aromatic carbocycles. The van der Waals surface area contributed by atoms with Crippen LogP contribution in [0.25, 0.3) is 0 Å². The fraction of sp³-hybridized carbons (Fsp3) is 0.923. The van der Waals surface area contributed by atoms with Crippen LogP contribution in [0.15, 0.2) is 0 Å². The van der Waals surface area contributed by atoms with E-state index in [4.69, 9.17) is 9.84 Å². The van der Waals surface area contributed by atoms with Crippen LogP contribution >= 0.6 is 0 Å². The van der Waals surface area contributed by atoms with Gasteiger partial charge in [-0.3, -0.25) is 4.79 Å². The lowest BCUT2D eigenvalue weighted by atomic mass is 9.93. The minimum Gasteiger partial charge on any atom is -0.481 e. The van der Waals surface area contributed by atoms with Crippen LogP contribution < -0.4 is 0 Å². The zero-order valence-electron chi connectivity index (χ0n) is 12.7. The molecule has 4 unspecified atom stereocenters. The summed E-state index contributed by atoms with van der Waals surface area (Å²) in [6.45, 7) is 6.45. The van der Waals surface area contributed by atoms with Crippen LogP contribution in [0.2, 0.25) is 0 Å². The molecule has 2 aliphatic heterocycles. The molecule has 4 atom stereocenters. The highest BCUT2D eigenvalue weighted by Crippen LogP contribution is 2.28. The van der Waals surface area contributed by atoms with Crippen molar-refractivity contribution in [1.82, 2.24) is 8.61 Å². The summed E-state index contributed by atoms with van der Waals surface area (Å²) >= 11 is 0. The maximum atomic E-state index is 12.8. The summed E-state index contributed by atoms with van der Waals surface area (Å²) in [7, 11) is -3.56. The van der Waals surface area contributed by atoms with E-state index in [0.29, 0.717) is 25.9 Å². The molecule has 8 heteroatoms. The lowest BCUT2D eigenvalue weighted by Gasteiger charge is -2.41. The fourth-order valence-corrected chi connectivity index (χ4v) is 5.16. The Kier molecular flexibility index (Phi) is 4.92. The van der Waals surface area contributed by atoms with Gasteiger partial charge in [-0.1, -0.05) is 0 Å². The zero-order valence-corrected chi connectivity index (χ0v) is 13.5. The van der Waals surface area contributed by atoms with Gasteiger partial charge in [0.05, 0.1) is 18.1 Å². The van der Waals surface area contributed by atoms with Crippen molar-refractivity contribution in [3.8, 4) is 0 Å². The summed E-state index contributed by atoms with van der Waals surface area (Å²) < 4.78 is 34.0. The smallest absolute Gasteiger partial charge is 0.306 e. The second-order valence-electron chi connectivity index (χ2n) is 6.10. The Morgan fingerprint density at radius 1 is 1.19 bits per heavy atom. The Morgan fingerprint density at radius 2 is 1.76 bits per heavy atom. The number of carbonyl (C=O) groups is 1. The first-order valence-corrected chi connectivity index (χ1v) is 8.76. The summed E-state index contributed by atoms with van der Waals surface area (Å²) in [5.41, 5.74) is 0. The number of hydrogen-bond donors (Lipinski definition) is 1. The average molecular weight is 320 g/mol. The summed E-state index contributed by atoms with van der Waals surface area (Å²) in [5, 5.41) is 9.07. The normalized spacial score (nSPS) is 36.5. The van der Waals surface area contributed by atoms with Crippen LogP contribution in [0.1, 0.15) is 33.6 Å². The van der Waals surface area contributed by atoms with E-state index in [1.165, 1.54) is 8.61 Å². The summed E-state index contributed by atoms with van der Waals surface area (Å²) in [4.78, 5) is 11.0. The standard InChI is InChI=1S/C13H24N2O5S/c1-9-6-12(13(16)17)4-5-15(9)21(18,19)14-7-10(2)20-11(3)8-14/h9-12H,4-8H2,1-3H3,(H,16,17). The van der Waals surface area contributed by atoms with E-state index in [9.17, 15) is 13.2 Å². The number of ether oxygens (including phenoxy) is 1. The van der Waals surface area contributed by atoms with Gasteiger partial charge in [-0.25, -0.2) is 0 Å². The molecule has 0 amide bonds. The number of hydrogen-bond acceptors (Lipinski definition) is 4. The topological polar surface area (TPSA) is 87.2 Å². The number of rotatable bonds is 3. The largest absolute Gasteiger partial charge is 0.481 e. The molecule has 0 aliphatic carbocycles. The molecule has 0 radical (unpaired) electrons. The van der Waals surface area contributed by atoms with Crippen LogP contribution in [0, 0.1) is 5.92 Å². The van der Waals surface area contributed by atoms with Gasteiger partial charge in [-0.15, -0.1) is 0 Å². The highest BCUT2D eigenvalue weighted by atomic mass is 32.2. The van der Waals surface area contributed by atoms with Crippen molar-refractivity contribution in [2.75, 3.05) is 19.6 Å². The second kappa shape index (κ2) is 6.20. The predicted octanol–water partition coefficient (Wildman–Crippen LogP) is 0.526. The average Bonchev–Trinajstić information content (AvgIpc) is 2.36. The molecule has 0 aromatic heterocycles. The van der Waals surface area contributed by atoms with Crippen molar-refractivity contribution >= 4 is 16.2 Å². The Bertz CT molecular complexity index is 485. The molecule has 122 valence electrons. The molecule has 2 heterocycles. The Hall–Kier alpha value is -0.700. The number of morpholine rings is 1. The monoisotopic (exact) mass is 320 g/mol. The van der Waals surface area contributed by atoms with E-state index in [2.05, 4.69) is 0 Å². The highest BCUT2D eigenvalue weighted by molar-refractivity contribution is 7.86. The van der Waals surface area contributed by atoms with Gasteiger partial charge in [-0.05, 0) is 33.6 Å². The molecule has 2 rings (SSSR count). The molecule has 0 spiro atoms. The number of carboxylic acids is 1. The van der Waals surface area contributed by atoms with Crippen molar-refractivity contribution in [3.63, 3.8) is 0 Å². The lowest BCUT2D eigenvalue weighted by Crippen LogP contribution is -2.56. The third kappa shape index (κ3) is 3.56. The van der Waals surface area contributed by atoms with E-state index in [0.717, 1.165) is 0 Å². The van der Waals surface area contributed by atoms with Crippen LogP contribution in [-0.2, 0) is 19.7 Å². The molecule has 2 aliphatic rings. The lowest BCUT2D eigenvalue weighted by molar-refractivity contribution is -0.143. The van der Waals surface area contributed by atoms with Crippen molar-refractivity contribution in [2.24, 2.45) is 5.92 Å². The van der Waals surface area contributed by atoms with E-state index in [-0.39, 0.29) is 24.8 Å². The first-order chi connectivity index (χ1) is 9.71. The van der Waals surface area contributed by atoms with Crippen molar-refractivity contribution < 1.29 is 23.1 Å². The van der Waals surface area contributed by atoms with E-state index in [1.807, 2.05) is 13.8 Å². The molecule has 1 N–H and O–H groups in total. The van der Waals surface area contributed by atoms with E-state index in [1.54, 1.807) is 6.92 Å². The Balaban J connectivity index is 2.11. The molecule has 2 fully saturated rings. The van der Waals surface area contributed by atoms with Crippen LogP contribution in [0.3, 0.4) is 0 Å². The first-order valence-electron chi connectivity index (χ1n) is 7.37. The number of aliphatic carboxylic acids is 1. The maximum absolute atomic E-state index is 12.8. The SMILES string of the molecule is CC1CN(S(=O)(=O)N2CCC(C(=O)O)CC2C)CC(C)O1.